The largest absolute Gasteiger partial charge is 0.374 e. The summed E-state index contributed by atoms with van der Waals surface area (Å²) in [6.45, 7) is 3.25. The number of anilines is 1. The van der Waals surface area contributed by atoms with E-state index in [-0.39, 0.29) is 0 Å². The lowest BCUT2D eigenvalue weighted by Gasteiger charge is -2.20. The summed E-state index contributed by atoms with van der Waals surface area (Å²) < 4.78 is 0.982. The lowest BCUT2D eigenvalue weighted by atomic mass is 10.2. The van der Waals surface area contributed by atoms with Crippen LogP contribution in [-0.2, 0) is 0 Å². The monoisotopic (exact) mass is 283 g/mol. The molecular formula is C13H18BrNO. The van der Waals surface area contributed by atoms with Crippen molar-refractivity contribution in [1.82, 2.24) is 0 Å². The summed E-state index contributed by atoms with van der Waals surface area (Å²) in [5.74, 6) is 0. The van der Waals surface area contributed by atoms with Crippen LogP contribution in [0.15, 0.2) is 22.7 Å². The van der Waals surface area contributed by atoms with Crippen molar-refractivity contribution < 1.29 is 4.79 Å². The molecule has 0 saturated carbocycles. The highest BCUT2D eigenvalue weighted by atomic mass is 79.9. The highest BCUT2D eigenvalue weighted by Gasteiger charge is 2.05. The standard InChI is InChI=1S/C13H18BrNO/c1-3-4-5-8-15(2)13-7-6-11(10-16)9-12(13)14/h6-7,9-10H,3-5,8H2,1-2H3. The molecule has 0 saturated heterocycles. The van der Waals surface area contributed by atoms with Crippen molar-refractivity contribution in [3.8, 4) is 0 Å². The minimum atomic E-state index is 0.706. The number of rotatable bonds is 6. The molecule has 0 heterocycles. The van der Waals surface area contributed by atoms with Gasteiger partial charge in [0.25, 0.3) is 0 Å². The van der Waals surface area contributed by atoms with Crippen LogP contribution in [0.4, 0.5) is 5.69 Å². The van der Waals surface area contributed by atoms with Crippen molar-refractivity contribution in [3.05, 3.63) is 28.2 Å². The van der Waals surface area contributed by atoms with Crippen LogP contribution >= 0.6 is 15.9 Å². The Morgan fingerprint density at radius 2 is 2.12 bits per heavy atom. The van der Waals surface area contributed by atoms with Crippen LogP contribution < -0.4 is 4.90 Å². The molecule has 1 rings (SSSR count). The maximum atomic E-state index is 10.6. The Bertz CT molecular complexity index is 352. The van der Waals surface area contributed by atoms with Crippen LogP contribution in [0.25, 0.3) is 0 Å². The van der Waals surface area contributed by atoms with Crippen molar-refractivity contribution in [3.63, 3.8) is 0 Å². The zero-order valence-corrected chi connectivity index (χ0v) is 11.5. The molecule has 0 aliphatic rings. The molecule has 1 aromatic carbocycles. The number of carbonyl (C=O) groups is 1. The van der Waals surface area contributed by atoms with Crippen molar-refractivity contribution in [1.29, 1.82) is 0 Å². The molecule has 0 radical (unpaired) electrons. The molecule has 2 nitrogen and oxygen atoms in total. The number of nitrogens with zero attached hydrogens (tertiary/aromatic N) is 1. The van der Waals surface area contributed by atoms with Gasteiger partial charge in [0, 0.05) is 23.6 Å². The van der Waals surface area contributed by atoms with Gasteiger partial charge in [0.1, 0.15) is 6.29 Å². The zero-order chi connectivity index (χ0) is 12.0. The quantitative estimate of drug-likeness (QED) is 0.583. The van der Waals surface area contributed by atoms with E-state index in [1.54, 1.807) is 0 Å². The third-order valence-corrected chi connectivity index (χ3v) is 3.25. The number of hydrogen-bond acceptors (Lipinski definition) is 2. The first kappa shape index (κ1) is 13.2. The van der Waals surface area contributed by atoms with E-state index in [2.05, 4.69) is 34.8 Å². The summed E-state index contributed by atoms with van der Waals surface area (Å²) in [6, 6.07) is 5.70. The highest BCUT2D eigenvalue weighted by Crippen LogP contribution is 2.26. The molecule has 0 spiro atoms. The molecule has 0 aromatic heterocycles. The minimum absolute atomic E-state index is 0.706. The normalized spacial score (nSPS) is 10.2. The predicted octanol–water partition coefficient (Wildman–Crippen LogP) is 3.89. The fourth-order valence-electron chi connectivity index (χ4n) is 1.63. The molecule has 0 atom stereocenters. The van der Waals surface area contributed by atoms with Gasteiger partial charge in [0.15, 0.2) is 0 Å². The van der Waals surface area contributed by atoms with Crippen molar-refractivity contribution in [2.45, 2.75) is 26.2 Å². The topological polar surface area (TPSA) is 20.3 Å². The molecule has 3 heteroatoms. The van der Waals surface area contributed by atoms with Gasteiger partial charge in [0.05, 0.1) is 5.69 Å². The van der Waals surface area contributed by atoms with Crippen LogP contribution in [0.5, 0.6) is 0 Å². The second-order valence-corrected chi connectivity index (χ2v) is 4.81. The van der Waals surface area contributed by atoms with Crippen LogP contribution in [-0.4, -0.2) is 19.9 Å². The predicted molar refractivity (Wildman–Crippen MR) is 72.3 cm³/mol. The molecule has 16 heavy (non-hydrogen) atoms. The number of aldehydes is 1. The highest BCUT2D eigenvalue weighted by molar-refractivity contribution is 9.10. The zero-order valence-electron chi connectivity index (χ0n) is 9.87. The first-order chi connectivity index (χ1) is 7.69. The van der Waals surface area contributed by atoms with Gasteiger partial charge in [-0.1, -0.05) is 19.8 Å². The average Bonchev–Trinajstić information content (AvgIpc) is 2.29. The van der Waals surface area contributed by atoms with Crippen LogP contribution in [0.1, 0.15) is 36.5 Å². The van der Waals surface area contributed by atoms with Crippen molar-refractivity contribution in [2.24, 2.45) is 0 Å². The third kappa shape index (κ3) is 3.63. The van der Waals surface area contributed by atoms with Gasteiger partial charge in [-0.2, -0.15) is 0 Å². The Morgan fingerprint density at radius 1 is 1.38 bits per heavy atom. The maximum Gasteiger partial charge on any atom is 0.150 e. The van der Waals surface area contributed by atoms with Gasteiger partial charge in [0.2, 0.25) is 0 Å². The Balaban J connectivity index is 2.68. The van der Waals surface area contributed by atoms with Gasteiger partial charge in [-0.05, 0) is 40.5 Å². The molecule has 0 unspecified atom stereocenters. The Labute approximate surface area is 106 Å². The molecule has 1 aromatic rings. The van der Waals surface area contributed by atoms with Crippen LogP contribution in [0.2, 0.25) is 0 Å². The Morgan fingerprint density at radius 3 is 2.69 bits per heavy atom. The number of benzene rings is 1. The SMILES string of the molecule is CCCCCN(C)c1ccc(C=O)cc1Br. The fourth-order valence-corrected chi connectivity index (χ4v) is 2.32. The van der Waals surface area contributed by atoms with E-state index in [4.69, 9.17) is 0 Å². The lowest BCUT2D eigenvalue weighted by Crippen LogP contribution is -2.18. The number of carbonyl (C=O) groups excluding carboxylic acids is 1. The van der Waals surface area contributed by atoms with Gasteiger partial charge in [-0.3, -0.25) is 4.79 Å². The molecule has 0 aliphatic carbocycles. The Kier molecular flexibility index (Phi) is 5.53. The van der Waals surface area contributed by atoms with Gasteiger partial charge in [-0.15, -0.1) is 0 Å². The lowest BCUT2D eigenvalue weighted by molar-refractivity contribution is 0.112. The van der Waals surface area contributed by atoms with E-state index in [0.29, 0.717) is 5.56 Å². The number of hydrogen-bond donors (Lipinski definition) is 0. The van der Waals surface area contributed by atoms with Gasteiger partial charge >= 0.3 is 0 Å². The molecule has 0 fully saturated rings. The van der Waals surface area contributed by atoms with Crippen LogP contribution in [0, 0.1) is 0 Å². The Hall–Kier alpha value is -0.830. The first-order valence-corrected chi connectivity index (χ1v) is 6.44. The molecule has 0 amide bonds. The number of halogens is 1. The summed E-state index contributed by atoms with van der Waals surface area (Å²) in [4.78, 5) is 12.8. The number of unbranched alkanes of at least 4 members (excludes halogenated alkanes) is 2. The first-order valence-electron chi connectivity index (χ1n) is 5.65. The minimum Gasteiger partial charge on any atom is -0.374 e. The van der Waals surface area contributed by atoms with E-state index < -0.39 is 0 Å². The summed E-state index contributed by atoms with van der Waals surface area (Å²) >= 11 is 3.50. The molecule has 0 aliphatic heterocycles. The van der Waals surface area contributed by atoms with Gasteiger partial charge < -0.3 is 4.90 Å². The van der Waals surface area contributed by atoms with E-state index >= 15 is 0 Å². The average molecular weight is 284 g/mol. The summed E-state index contributed by atoms with van der Waals surface area (Å²) in [6.07, 6.45) is 4.56. The van der Waals surface area contributed by atoms with Crippen molar-refractivity contribution >= 4 is 27.9 Å². The van der Waals surface area contributed by atoms with E-state index in [0.717, 1.165) is 23.0 Å². The summed E-state index contributed by atoms with van der Waals surface area (Å²) in [7, 11) is 2.08. The summed E-state index contributed by atoms with van der Waals surface area (Å²) in [5, 5.41) is 0. The third-order valence-electron chi connectivity index (χ3n) is 2.62. The second-order valence-electron chi connectivity index (χ2n) is 3.96. The smallest absolute Gasteiger partial charge is 0.150 e. The fraction of sp³-hybridized carbons (Fsp3) is 0.462. The molecule has 88 valence electrons. The van der Waals surface area contributed by atoms with Gasteiger partial charge in [-0.25, -0.2) is 0 Å². The van der Waals surface area contributed by atoms with Crippen LogP contribution in [0.3, 0.4) is 0 Å². The molecular weight excluding hydrogens is 266 g/mol. The van der Waals surface area contributed by atoms with Crippen molar-refractivity contribution in [2.75, 3.05) is 18.5 Å². The second kappa shape index (κ2) is 6.69. The van der Waals surface area contributed by atoms with E-state index in [9.17, 15) is 4.79 Å². The molecule has 0 N–H and O–H groups in total. The summed E-state index contributed by atoms with van der Waals surface area (Å²) in [5.41, 5.74) is 1.85. The molecule has 0 bridgehead atoms. The van der Waals surface area contributed by atoms with E-state index in [1.165, 1.54) is 19.3 Å². The van der Waals surface area contributed by atoms with E-state index in [1.807, 2.05) is 18.2 Å². The maximum absolute atomic E-state index is 10.6.